The molecule has 0 fully saturated rings. The second-order valence-corrected chi connectivity index (χ2v) is 6.76. The van der Waals surface area contributed by atoms with Gasteiger partial charge in [0.25, 0.3) is 5.91 Å². The smallest absolute Gasteiger partial charge is 0.261 e. The third-order valence-corrected chi connectivity index (χ3v) is 4.27. The van der Waals surface area contributed by atoms with Gasteiger partial charge in [0.05, 0.1) is 14.3 Å². The van der Waals surface area contributed by atoms with Gasteiger partial charge in [0.1, 0.15) is 0 Å². The van der Waals surface area contributed by atoms with Crippen molar-refractivity contribution in [2.24, 2.45) is 5.92 Å². The Balaban J connectivity index is 2.54. The van der Waals surface area contributed by atoms with Crippen LogP contribution in [0, 0.1) is 5.92 Å². The van der Waals surface area contributed by atoms with Crippen LogP contribution in [-0.2, 0) is 0 Å². The van der Waals surface area contributed by atoms with E-state index >= 15 is 0 Å². The van der Waals surface area contributed by atoms with Crippen LogP contribution in [0.25, 0.3) is 0 Å². The number of thiophene rings is 1. The Morgan fingerprint density at radius 1 is 1.62 bits per heavy atom. The van der Waals surface area contributed by atoms with Crippen LogP contribution in [0.1, 0.15) is 30.4 Å². The molecule has 1 heterocycles. The molecule has 0 saturated heterocycles. The zero-order valence-electron chi connectivity index (χ0n) is 9.58. The molecule has 1 rings (SSSR count). The number of carbonyl (C=O) groups is 1. The second-order valence-electron chi connectivity index (χ2n) is 4.30. The number of aliphatic hydroxyl groups is 1. The summed E-state index contributed by atoms with van der Waals surface area (Å²) in [7, 11) is 0. The van der Waals surface area contributed by atoms with E-state index < -0.39 is 5.60 Å². The van der Waals surface area contributed by atoms with Crippen molar-refractivity contribution in [2.45, 2.75) is 26.4 Å². The first-order valence-corrected chi connectivity index (χ1v) is 6.70. The summed E-state index contributed by atoms with van der Waals surface area (Å²) in [6.45, 7) is 5.84. The molecular formula is C11H16BrNO2S. The van der Waals surface area contributed by atoms with Gasteiger partial charge in [0.2, 0.25) is 0 Å². The van der Waals surface area contributed by atoms with E-state index in [0.29, 0.717) is 4.88 Å². The van der Waals surface area contributed by atoms with Gasteiger partial charge in [-0.1, -0.05) is 13.8 Å². The normalized spacial score (nSPS) is 14.9. The summed E-state index contributed by atoms with van der Waals surface area (Å²) in [5, 5.41) is 12.7. The van der Waals surface area contributed by atoms with Crippen molar-refractivity contribution >= 4 is 33.2 Å². The number of hydrogen-bond acceptors (Lipinski definition) is 3. The molecule has 3 nitrogen and oxygen atoms in total. The van der Waals surface area contributed by atoms with Gasteiger partial charge in [0, 0.05) is 6.54 Å². The molecule has 0 aliphatic heterocycles. The van der Waals surface area contributed by atoms with Crippen LogP contribution in [-0.4, -0.2) is 23.2 Å². The molecular weight excluding hydrogens is 290 g/mol. The van der Waals surface area contributed by atoms with Crippen LogP contribution < -0.4 is 5.32 Å². The maximum atomic E-state index is 11.7. The fraction of sp³-hybridized carbons (Fsp3) is 0.545. The highest BCUT2D eigenvalue weighted by Crippen LogP contribution is 2.22. The summed E-state index contributed by atoms with van der Waals surface area (Å²) in [6.07, 6.45) is 0. The predicted molar refractivity (Wildman–Crippen MR) is 69.8 cm³/mol. The lowest BCUT2D eigenvalue weighted by atomic mass is 9.92. The van der Waals surface area contributed by atoms with Gasteiger partial charge in [-0.05, 0) is 40.9 Å². The SMILES string of the molecule is CC(C)C(C)(O)CNC(=O)c1ccc(Br)s1. The molecule has 1 atom stereocenters. The average molecular weight is 306 g/mol. The van der Waals surface area contributed by atoms with Gasteiger partial charge in [-0.2, -0.15) is 0 Å². The first-order chi connectivity index (χ1) is 7.33. The molecule has 0 aromatic carbocycles. The third-order valence-electron chi connectivity index (χ3n) is 2.65. The van der Waals surface area contributed by atoms with E-state index in [1.807, 2.05) is 19.9 Å². The second kappa shape index (κ2) is 5.29. The van der Waals surface area contributed by atoms with Gasteiger partial charge in [-0.25, -0.2) is 0 Å². The number of amides is 1. The molecule has 5 heteroatoms. The maximum Gasteiger partial charge on any atom is 0.261 e. The van der Waals surface area contributed by atoms with Crippen molar-refractivity contribution in [1.29, 1.82) is 0 Å². The summed E-state index contributed by atoms with van der Waals surface area (Å²) >= 11 is 4.68. The molecule has 1 amide bonds. The molecule has 0 radical (unpaired) electrons. The van der Waals surface area contributed by atoms with Crippen molar-refractivity contribution in [1.82, 2.24) is 5.32 Å². The zero-order chi connectivity index (χ0) is 12.3. The predicted octanol–water partition coefficient (Wildman–Crippen LogP) is 2.65. The van der Waals surface area contributed by atoms with E-state index in [2.05, 4.69) is 21.2 Å². The van der Waals surface area contributed by atoms with E-state index in [0.717, 1.165) is 3.79 Å². The fourth-order valence-electron chi connectivity index (χ4n) is 0.987. The van der Waals surface area contributed by atoms with Gasteiger partial charge in [-0.3, -0.25) is 4.79 Å². The minimum Gasteiger partial charge on any atom is -0.388 e. The van der Waals surface area contributed by atoms with Crippen LogP contribution >= 0.6 is 27.3 Å². The van der Waals surface area contributed by atoms with Gasteiger partial charge < -0.3 is 10.4 Å². The Hall–Kier alpha value is -0.390. The van der Waals surface area contributed by atoms with E-state index in [9.17, 15) is 9.90 Å². The van der Waals surface area contributed by atoms with Crippen LogP contribution in [0.15, 0.2) is 15.9 Å². The number of halogens is 1. The quantitative estimate of drug-likeness (QED) is 0.898. The summed E-state index contributed by atoms with van der Waals surface area (Å²) < 4.78 is 0.924. The minimum absolute atomic E-state index is 0.0999. The monoisotopic (exact) mass is 305 g/mol. The average Bonchev–Trinajstić information content (AvgIpc) is 2.61. The van der Waals surface area contributed by atoms with Crippen molar-refractivity contribution < 1.29 is 9.90 Å². The molecule has 1 aromatic heterocycles. The topological polar surface area (TPSA) is 49.3 Å². The Kier molecular flexibility index (Phi) is 4.52. The Labute approximate surface area is 108 Å². The van der Waals surface area contributed by atoms with Gasteiger partial charge in [0.15, 0.2) is 0 Å². The van der Waals surface area contributed by atoms with Crippen LogP contribution in [0.4, 0.5) is 0 Å². The molecule has 16 heavy (non-hydrogen) atoms. The molecule has 0 aliphatic carbocycles. The standard InChI is InChI=1S/C11H16BrNO2S/c1-7(2)11(3,15)6-13-10(14)8-4-5-9(12)16-8/h4-5,7,15H,6H2,1-3H3,(H,13,14). The minimum atomic E-state index is -0.871. The fourth-order valence-corrected chi connectivity index (χ4v) is 2.29. The third kappa shape index (κ3) is 3.57. The van der Waals surface area contributed by atoms with Crippen molar-refractivity contribution in [3.8, 4) is 0 Å². The summed E-state index contributed by atoms with van der Waals surface area (Å²) in [5.41, 5.74) is -0.871. The first-order valence-electron chi connectivity index (χ1n) is 5.09. The Morgan fingerprint density at radius 2 is 2.25 bits per heavy atom. The zero-order valence-corrected chi connectivity index (χ0v) is 12.0. The van der Waals surface area contributed by atoms with Crippen LogP contribution in [0.5, 0.6) is 0 Å². The van der Waals surface area contributed by atoms with E-state index in [1.54, 1.807) is 13.0 Å². The molecule has 0 bridgehead atoms. The highest BCUT2D eigenvalue weighted by molar-refractivity contribution is 9.11. The van der Waals surface area contributed by atoms with Crippen molar-refractivity contribution in [3.05, 3.63) is 20.8 Å². The van der Waals surface area contributed by atoms with E-state index in [4.69, 9.17) is 0 Å². The molecule has 90 valence electrons. The highest BCUT2D eigenvalue weighted by Gasteiger charge is 2.25. The van der Waals surface area contributed by atoms with Gasteiger partial charge >= 0.3 is 0 Å². The van der Waals surface area contributed by atoms with Crippen molar-refractivity contribution in [2.75, 3.05) is 6.54 Å². The number of nitrogens with one attached hydrogen (secondary N) is 1. The number of rotatable bonds is 4. The van der Waals surface area contributed by atoms with Crippen LogP contribution in [0.2, 0.25) is 0 Å². The van der Waals surface area contributed by atoms with E-state index in [1.165, 1.54) is 11.3 Å². The summed E-state index contributed by atoms with van der Waals surface area (Å²) in [4.78, 5) is 12.3. The highest BCUT2D eigenvalue weighted by atomic mass is 79.9. The Morgan fingerprint density at radius 3 is 2.69 bits per heavy atom. The lowest BCUT2D eigenvalue weighted by Gasteiger charge is -2.27. The van der Waals surface area contributed by atoms with Gasteiger partial charge in [-0.15, -0.1) is 11.3 Å². The molecule has 0 saturated carbocycles. The molecule has 0 spiro atoms. The largest absolute Gasteiger partial charge is 0.388 e. The Bertz CT molecular complexity index is 374. The number of hydrogen-bond donors (Lipinski definition) is 2. The van der Waals surface area contributed by atoms with Crippen molar-refractivity contribution in [3.63, 3.8) is 0 Å². The lowest BCUT2D eigenvalue weighted by molar-refractivity contribution is 0.0143. The summed E-state index contributed by atoms with van der Waals surface area (Å²) in [5.74, 6) is -0.0421. The maximum absolute atomic E-state index is 11.7. The number of carbonyl (C=O) groups excluding carboxylic acids is 1. The summed E-state index contributed by atoms with van der Waals surface area (Å²) in [6, 6.07) is 3.59. The molecule has 0 aliphatic rings. The molecule has 1 aromatic rings. The van der Waals surface area contributed by atoms with E-state index in [-0.39, 0.29) is 18.4 Å². The molecule has 2 N–H and O–H groups in total. The molecule has 1 unspecified atom stereocenters. The van der Waals surface area contributed by atoms with Crippen LogP contribution in [0.3, 0.4) is 0 Å². The first kappa shape index (κ1) is 13.7. The lowest BCUT2D eigenvalue weighted by Crippen LogP contribution is -2.44.